The van der Waals surface area contributed by atoms with Crippen molar-refractivity contribution < 1.29 is 5.11 Å². The summed E-state index contributed by atoms with van der Waals surface area (Å²) >= 11 is 1.87. The van der Waals surface area contributed by atoms with E-state index in [-0.39, 0.29) is 12.2 Å². The van der Waals surface area contributed by atoms with Crippen LogP contribution in [0.25, 0.3) is 0 Å². The molecule has 1 unspecified atom stereocenters. The molecule has 106 valence electrons. The second-order valence-electron chi connectivity index (χ2n) is 4.84. The summed E-state index contributed by atoms with van der Waals surface area (Å²) in [6.07, 6.45) is 4.12. The Morgan fingerprint density at radius 3 is 3.16 bits per heavy atom. The number of hydrogen-bond acceptors (Lipinski definition) is 4. The molecule has 2 rings (SSSR count). The maximum atomic E-state index is 11.3. The highest BCUT2D eigenvalue weighted by atomic mass is 32.2. The monoisotopic (exact) mass is 282 g/mol. The molecule has 1 aliphatic carbocycles. The van der Waals surface area contributed by atoms with Gasteiger partial charge in [0.1, 0.15) is 0 Å². The minimum atomic E-state index is -0.000964. The van der Waals surface area contributed by atoms with Gasteiger partial charge in [-0.3, -0.25) is 4.79 Å². The predicted octanol–water partition coefficient (Wildman–Crippen LogP) is 1.46. The fraction of sp³-hybridized carbons (Fsp3) is 0.643. The van der Waals surface area contributed by atoms with E-state index >= 15 is 0 Å². The normalized spacial score (nSPS) is 18.3. The first-order chi connectivity index (χ1) is 9.31. The molecule has 4 nitrogen and oxygen atoms in total. The molecule has 1 aromatic heterocycles. The lowest BCUT2D eigenvalue weighted by Gasteiger charge is -2.26. The summed E-state index contributed by atoms with van der Waals surface area (Å²) in [5.74, 6) is 2.09. The molecule has 0 radical (unpaired) electrons. The highest BCUT2D eigenvalue weighted by molar-refractivity contribution is 7.99. The van der Waals surface area contributed by atoms with Gasteiger partial charge in [-0.15, -0.1) is 0 Å². The molecule has 1 aromatic rings. The molecule has 1 aliphatic rings. The minimum absolute atomic E-state index is 0.000964. The fourth-order valence-corrected chi connectivity index (χ4v) is 3.29. The van der Waals surface area contributed by atoms with Crippen LogP contribution in [0.3, 0.4) is 0 Å². The molecule has 3 N–H and O–H groups in total. The zero-order valence-electron chi connectivity index (χ0n) is 11.2. The van der Waals surface area contributed by atoms with Crippen molar-refractivity contribution >= 4 is 11.8 Å². The summed E-state index contributed by atoms with van der Waals surface area (Å²) in [5, 5.41) is 12.3. The van der Waals surface area contributed by atoms with Crippen LogP contribution in [-0.4, -0.2) is 34.7 Å². The Morgan fingerprint density at radius 1 is 1.42 bits per heavy atom. The van der Waals surface area contributed by atoms with Gasteiger partial charge in [-0.1, -0.05) is 6.07 Å². The van der Waals surface area contributed by atoms with Gasteiger partial charge in [0, 0.05) is 36.7 Å². The van der Waals surface area contributed by atoms with Crippen LogP contribution in [0.5, 0.6) is 0 Å². The number of hydrogen-bond donors (Lipinski definition) is 3. The summed E-state index contributed by atoms with van der Waals surface area (Å²) < 4.78 is 0. The maximum Gasteiger partial charge on any atom is 0.248 e. The molecule has 0 aliphatic heterocycles. The fourth-order valence-electron chi connectivity index (χ4n) is 2.49. The Hall–Kier alpha value is -0.780. The van der Waals surface area contributed by atoms with Gasteiger partial charge in [-0.05, 0) is 37.0 Å². The quantitative estimate of drug-likeness (QED) is 0.662. The molecule has 1 heterocycles. The lowest BCUT2D eigenvalue weighted by Crippen LogP contribution is -2.29. The van der Waals surface area contributed by atoms with E-state index in [9.17, 15) is 4.79 Å². The zero-order valence-corrected chi connectivity index (χ0v) is 12.0. The Bertz CT molecular complexity index is 447. The van der Waals surface area contributed by atoms with Crippen molar-refractivity contribution in [2.75, 3.05) is 24.7 Å². The van der Waals surface area contributed by atoms with Gasteiger partial charge in [-0.2, -0.15) is 11.8 Å². The first kappa shape index (κ1) is 14.6. The summed E-state index contributed by atoms with van der Waals surface area (Å²) in [7, 11) is 0. The Morgan fingerprint density at radius 2 is 2.32 bits per heavy atom. The van der Waals surface area contributed by atoms with E-state index in [1.54, 1.807) is 6.07 Å². The van der Waals surface area contributed by atoms with E-state index in [1.165, 1.54) is 5.56 Å². The van der Waals surface area contributed by atoms with E-state index in [4.69, 9.17) is 5.11 Å². The highest BCUT2D eigenvalue weighted by Gasteiger charge is 2.19. The van der Waals surface area contributed by atoms with Gasteiger partial charge in [0.2, 0.25) is 5.56 Å². The SMILES string of the molecule is O=c1ccc2c([nH]1)CCCC2NCCSCCCO. The zero-order chi connectivity index (χ0) is 13.5. The lowest BCUT2D eigenvalue weighted by molar-refractivity contribution is 0.296. The largest absolute Gasteiger partial charge is 0.396 e. The van der Waals surface area contributed by atoms with E-state index in [2.05, 4.69) is 10.3 Å². The molecule has 19 heavy (non-hydrogen) atoms. The average Bonchev–Trinajstić information content (AvgIpc) is 2.42. The number of aromatic nitrogens is 1. The van der Waals surface area contributed by atoms with E-state index in [1.807, 2.05) is 17.8 Å². The van der Waals surface area contributed by atoms with Gasteiger partial charge in [-0.25, -0.2) is 0 Å². The maximum absolute atomic E-state index is 11.3. The Balaban J connectivity index is 1.81. The van der Waals surface area contributed by atoms with Crippen LogP contribution in [-0.2, 0) is 6.42 Å². The summed E-state index contributed by atoms with van der Waals surface area (Å²) in [6.45, 7) is 1.25. The highest BCUT2D eigenvalue weighted by Crippen LogP contribution is 2.27. The van der Waals surface area contributed by atoms with Crippen LogP contribution < -0.4 is 10.9 Å². The van der Waals surface area contributed by atoms with Gasteiger partial charge >= 0.3 is 0 Å². The molecule has 0 spiro atoms. The smallest absolute Gasteiger partial charge is 0.248 e. The second kappa shape index (κ2) is 7.72. The van der Waals surface area contributed by atoms with Crippen LogP contribution in [0.2, 0.25) is 0 Å². The third-order valence-electron chi connectivity index (χ3n) is 3.42. The number of aliphatic hydroxyl groups is 1. The third kappa shape index (κ3) is 4.37. The van der Waals surface area contributed by atoms with Gasteiger partial charge in [0.15, 0.2) is 0 Å². The van der Waals surface area contributed by atoms with Crippen molar-refractivity contribution in [3.8, 4) is 0 Å². The van der Waals surface area contributed by atoms with Crippen LogP contribution in [0.15, 0.2) is 16.9 Å². The number of fused-ring (bicyclic) bond motifs is 1. The van der Waals surface area contributed by atoms with Crippen molar-refractivity contribution in [1.29, 1.82) is 0 Å². The topological polar surface area (TPSA) is 65.1 Å². The molecule has 5 heteroatoms. The first-order valence-corrected chi connectivity index (χ1v) is 8.11. The molecule has 0 fully saturated rings. The number of H-pyrrole nitrogens is 1. The van der Waals surface area contributed by atoms with Crippen LogP contribution >= 0.6 is 11.8 Å². The molecule has 1 atom stereocenters. The molecule has 0 saturated carbocycles. The summed E-state index contributed by atoms with van der Waals surface area (Å²) in [4.78, 5) is 14.3. The molecule has 0 saturated heterocycles. The van der Waals surface area contributed by atoms with Crippen molar-refractivity contribution in [2.45, 2.75) is 31.7 Å². The van der Waals surface area contributed by atoms with Crippen molar-refractivity contribution in [3.05, 3.63) is 33.7 Å². The van der Waals surface area contributed by atoms with Crippen molar-refractivity contribution in [1.82, 2.24) is 10.3 Å². The van der Waals surface area contributed by atoms with E-state index in [0.717, 1.165) is 49.4 Å². The first-order valence-electron chi connectivity index (χ1n) is 6.95. The Labute approximate surface area is 118 Å². The lowest BCUT2D eigenvalue weighted by atomic mass is 9.91. The molecule has 0 amide bonds. The van der Waals surface area contributed by atoms with E-state index in [0.29, 0.717) is 6.04 Å². The third-order valence-corrected chi connectivity index (χ3v) is 4.49. The van der Waals surface area contributed by atoms with Crippen molar-refractivity contribution in [3.63, 3.8) is 0 Å². The average molecular weight is 282 g/mol. The predicted molar refractivity (Wildman–Crippen MR) is 79.8 cm³/mol. The van der Waals surface area contributed by atoms with Gasteiger partial charge < -0.3 is 15.4 Å². The number of pyridine rings is 1. The Kier molecular flexibility index (Phi) is 5.94. The van der Waals surface area contributed by atoms with Gasteiger partial charge in [0.25, 0.3) is 0 Å². The molecular weight excluding hydrogens is 260 g/mol. The number of aliphatic hydroxyl groups excluding tert-OH is 1. The summed E-state index contributed by atoms with van der Waals surface area (Å²) in [5.41, 5.74) is 2.36. The number of aromatic amines is 1. The number of aryl methyl sites for hydroxylation is 1. The molecular formula is C14H22N2O2S. The number of rotatable bonds is 7. The second-order valence-corrected chi connectivity index (χ2v) is 6.07. The van der Waals surface area contributed by atoms with Crippen LogP contribution in [0, 0.1) is 0 Å². The number of nitrogens with one attached hydrogen (secondary N) is 2. The minimum Gasteiger partial charge on any atom is -0.396 e. The van der Waals surface area contributed by atoms with Crippen LogP contribution in [0.4, 0.5) is 0 Å². The van der Waals surface area contributed by atoms with Crippen LogP contribution in [0.1, 0.15) is 36.6 Å². The summed E-state index contributed by atoms with van der Waals surface area (Å²) in [6, 6.07) is 3.96. The molecule has 0 aromatic carbocycles. The van der Waals surface area contributed by atoms with Gasteiger partial charge in [0.05, 0.1) is 0 Å². The molecule has 0 bridgehead atoms. The van der Waals surface area contributed by atoms with E-state index < -0.39 is 0 Å². The number of thioether (sulfide) groups is 1. The van der Waals surface area contributed by atoms with Crippen molar-refractivity contribution in [2.24, 2.45) is 0 Å². The standard InChI is InChI=1S/C14H22N2O2S/c17-8-2-9-19-10-7-15-12-3-1-4-13-11(12)5-6-14(18)16-13/h5-6,12,15,17H,1-4,7-10H2,(H,16,18).